The van der Waals surface area contributed by atoms with Crippen molar-refractivity contribution in [2.75, 3.05) is 0 Å². The number of pyridine rings is 1. The quantitative estimate of drug-likeness (QED) is 0.866. The molecule has 2 rings (SSSR count). The highest BCUT2D eigenvalue weighted by Crippen LogP contribution is 2.28. The molecule has 0 saturated heterocycles. The molecule has 4 nitrogen and oxygen atoms in total. The van der Waals surface area contributed by atoms with E-state index < -0.39 is 11.9 Å². The normalized spacial score (nSPS) is 11.7. The summed E-state index contributed by atoms with van der Waals surface area (Å²) < 4.78 is 38.8. The highest BCUT2D eigenvalue weighted by Gasteiger charge is 2.34. The third-order valence-electron chi connectivity index (χ3n) is 2.67. The number of thiocarbonyl (C=S) groups is 1. The Morgan fingerprint density at radius 1 is 1.35 bits per heavy atom. The summed E-state index contributed by atoms with van der Waals surface area (Å²) >= 11 is 4.93. The van der Waals surface area contributed by atoms with Crippen molar-refractivity contribution >= 4 is 17.2 Å². The number of aromatic nitrogens is 3. The fourth-order valence-electron chi connectivity index (χ4n) is 1.88. The first-order valence-corrected chi connectivity index (χ1v) is 6.02. The number of alkyl halides is 3. The van der Waals surface area contributed by atoms with Crippen LogP contribution in [0.1, 0.15) is 22.5 Å². The van der Waals surface area contributed by atoms with Crippen LogP contribution in [0.5, 0.6) is 0 Å². The molecule has 0 spiro atoms. The molecule has 0 aromatic carbocycles. The van der Waals surface area contributed by atoms with Gasteiger partial charge in [0.15, 0.2) is 11.5 Å². The molecule has 20 heavy (non-hydrogen) atoms. The second-order valence-corrected chi connectivity index (χ2v) is 4.73. The van der Waals surface area contributed by atoms with Crippen LogP contribution in [0, 0.1) is 13.8 Å². The lowest BCUT2D eigenvalue weighted by Crippen LogP contribution is -2.18. The van der Waals surface area contributed by atoms with Crippen molar-refractivity contribution in [3.05, 3.63) is 40.8 Å². The Bertz CT molecular complexity index is 676. The van der Waals surface area contributed by atoms with E-state index in [0.717, 1.165) is 16.3 Å². The van der Waals surface area contributed by atoms with Crippen LogP contribution in [0.15, 0.2) is 18.3 Å². The van der Waals surface area contributed by atoms with Gasteiger partial charge in [0, 0.05) is 11.9 Å². The number of hydrogen-bond acceptors (Lipinski definition) is 3. The molecule has 0 aliphatic heterocycles. The van der Waals surface area contributed by atoms with E-state index in [4.69, 9.17) is 18.0 Å². The van der Waals surface area contributed by atoms with Crippen molar-refractivity contribution in [2.24, 2.45) is 5.73 Å². The third-order valence-corrected chi connectivity index (χ3v) is 2.87. The second-order valence-electron chi connectivity index (χ2n) is 4.29. The molecule has 0 atom stereocenters. The van der Waals surface area contributed by atoms with E-state index >= 15 is 0 Å². The van der Waals surface area contributed by atoms with E-state index in [1.165, 1.54) is 6.20 Å². The number of rotatable bonds is 2. The smallest absolute Gasteiger partial charge is 0.389 e. The minimum Gasteiger partial charge on any atom is -0.389 e. The second kappa shape index (κ2) is 4.86. The molecule has 2 N–H and O–H groups in total. The Labute approximate surface area is 118 Å². The van der Waals surface area contributed by atoms with Gasteiger partial charge in [-0.2, -0.15) is 18.3 Å². The van der Waals surface area contributed by atoms with Gasteiger partial charge in [-0.3, -0.25) is 0 Å². The fraction of sp³-hybridized carbons (Fsp3) is 0.250. The van der Waals surface area contributed by atoms with Gasteiger partial charge in [-0.1, -0.05) is 12.2 Å². The number of nitrogens with two attached hydrogens (primary N) is 1. The molecule has 0 fully saturated rings. The van der Waals surface area contributed by atoms with Crippen LogP contribution in [0.2, 0.25) is 0 Å². The first-order valence-electron chi connectivity index (χ1n) is 5.61. The molecule has 0 saturated carbocycles. The van der Waals surface area contributed by atoms with Crippen molar-refractivity contribution in [1.82, 2.24) is 14.8 Å². The standard InChI is InChI=1S/C12H11F3N4S/c1-6-5-7(2)17-11(9(6)10(16)20)19-4-3-8(18-19)12(13,14)15/h3-5H,1-2H3,(H2,16,20). The molecule has 106 valence electrons. The number of aryl methyl sites for hydroxylation is 2. The topological polar surface area (TPSA) is 56.7 Å². The Kier molecular flexibility index (Phi) is 3.51. The van der Waals surface area contributed by atoms with Gasteiger partial charge in [0.25, 0.3) is 0 Å². The minimum absolute atomic E-state index is 0.0639. The molecule has 8 heteroatoms. The molecule has 2 aromatic heterocycles. The van der Waals surface area contributed by atoms with Crippen LogP contribution in [-0.4, -0.2) is 19.8 Å². The van der Waals surface area contributed by atoms with E-state index in [2.05, 4.69) is 10.1 Å². The monoisotopic (exact) mass is 300 g/mol. The van der Waals surface area contributed by atoms with Gasteiger partial charge in [0.05, 0.1) is 5.56 Å². The third kappa shape index (κ3) is 2.64. The molecule has 0 amide bonds. The maximum absolute atomic E-state index is 12.6. The summed E-state index contributed by atoms with van der Waals surface area (Å²) in [6.45, 7) is 3.49. The van der Waals surface area contributed by atoms with Gasteiger partial charge in [-0.05, 0) is 31.5 Å². The van der Waals surface area contributed by atoms with Gasteiger partial charge in [0.1, 0.15) is 4.99 Å². The molecule has 0 bridgehead atoms. The van der Waals surface area contributed by atoms with Gasteiger partial charge in [0.2, 0.25) is 0 Å². The zero-order chi connectivity index (χ0) is 15.1. The predicted molar refractivity (Wildman–Crippen MR) is 71.7 cm³/mol. The van der Waals surface area contributed by atoms with Crippen LogP contribution < -0.4 is 5.73 Å². The van der Waals surface area contributed by atoms with Gasteiger partial charge in [-0.15, -0.1) is 0 Å². The van der Waals surface area contributed by atoms with E-state index in [-0.39, 0.29) is 10.8 Å². The van der Waals surface area contributed by atoms with Gasteiger partial charge >= 0.3 is 6.18 Å². The Morgan fingerprint density at radius 2 is 2.00 bits per heavy atom. The largest absolute Gasteiger partial charge is 0.435 e. The van der Waals surface area contributed by atoms with Crippen molar-refractivity contribution in [2.45, 2.75) is 20.0 Å². The first kappa shape index (κ1) is 14.4. The number of hydrogen-bond donors (Lipinski definition) is 1. The van der Waals surface area contributed by atoms with Crippen LogP contribution in [0.4, 0.5) is 13.2 Å². The summed E-state index contributed by atoms with van der Waals surface area (Å²) in [5.74, 6) is 0.200. The SMILES string of the molecule is Cc1cc(C)c(C(N)=S)c(-n2ccc(C(F)(F)F)n2)n1. The molecular weight excluding hydrogens is 289 g/mol. The molecule has 2 heterocycles. The lowest BCUT2D eigenvalue weighted by molar-refractivity contribution is -0.141. The lowest BCUT2D eigenvalue weighted by Gasteiger charge is -2.11. The first-order chi connectivity index (χ1) is 9.20. The van der Waals surface area contributed by atoms with E-state index in [1.54, 1.807) is 19.9 Å². The summed E-state index contributed by atoms with van der Waals surface area (Å²) in [5.41, 5.74) is 6.43. The predicted octanol–water partition coefficient (Wildman–Crippen LogP) is 2.54. The summed E-state index contributed by atoms with van der Waals surface area (Å²) in [5, 5.41) is 3.49. The molecule has 2 aromatic rings. The van der Waals surface area contributed by atoms with Crippen LogP contribution >= 0.6 is 12.2 Å². The van der Waals surface area contributed by atoms with E-state index in [0.29, 0.717) is 11.3 Å². The zero-order valence-electron chi connectivity index (χ0n) is 10.7. The Balaban J connectivity index is 2.63. The molecular formula is C12H11F3N4S. The van der Waals surface area contributed by atoms with Crippen molar-refractivity contribution in [3.8, 4) is 5.82 Å². The van der Waals surface area contributed by atoms with Crippen molar-refractivity contribution in [1.29, 1.82) is 0 Å². The summed E-state index contributed by atoms with van der Waals surface area (Å²) in [6.07, 6.45) is -3.32. The number of nitrogens with zero attached hydrogens (tertiary/aromatic N) is 3. The highest BCUT2D eigenvalue weighted by atomic mass is 32.1. The van der Waals surface area contributed by atoms with Gasteiger partial charge in [-0.25, -0.2) is 9.67 Å². The molecule has 0 unspecified atom stereocenters. The molecule has 0 aliphatic rings. The van der Waals surface area contributed by atoms with Crippen molar-refractivity contribution in [3.63, 3.8) is 0 Å². The zero-order valence-corrected chi connectivity index (χ0v) is 11.5. The maximum Gasteiger partial charge on any atom is 0.435 e. The number of halogens is 3. The van der Waals surface area contributed by atoms with Gasteiger partial charge < -0.3 is 5.73 Å². The fourth-order valence-corrected chi connectivity index (χ4v) is 2.13. The van der Waals surface area contributed by atoms with Crippen LogP contribution in [0.3, 0.4) is 0 Å². The highest BCUT2D eigenvalue weighted by molar-refractivity contribution is 7.80. The van der Waals surface area contributed by atoms with E-state index in [9.17, 15) is 13.2 Å². The Hall–Kier alpha value is -1.96. The average Bonchev–Trinajstić information content (AvgIpc) is 2.75. The lowest BCUT2D eigenvalue weighted by atomic mass is 10.1. The van der Waals surface area contributed by atoms with E-state index in [1.807, 2.05) is 0 Å². The maximum atomic E-state index is 12.6. The molecule has 0 aliphatic carbocycles. The summed E-state index contributed by atoms with van der Waals surface area (Å²) in [7, 11) is 0. The summed E-state index contributed by atoms with van der Waals surface area (Å²) in [4.78, 5) is 4.25. The summed E-state index contributed by atoms with van der Waals surface area (Å²) in [6, 6.07) is 2.63. The van der Waals surface area contributed by atoms with Crippen LogP contribution in [0.25, 0.3) is 5.82 Å². The van der Waals surface area contributed by atoms with Crippen molar-refractivity contribution < 1.29 is 13.2 Å². The van der Waals surface area contributed by atoms with Crippen LogP contribution in [-0.2, 0) is 6.18 Å². The average molecular weight is 300 g/mol. The Morgan fingerprint density at radius 3 is 2.50 bits per heavy atom. The molecule has 0 radical (unpaired) electrons. The minimum atomic E-state index is -4.51.